The van der Waals surface area contributed by atoms with Crippen LogP contribution in [0, 0.1) is 11.8 Å². The molecule has 0 saturated heterocycles. The van der Waals surface area contributed by atoms with Crippen LogP contribution in [0.25, 0.3) is 0 Å². The number of halogens is 3. The number of thioether (sulfide) groups is 2. The van der Waals surface area contributed by atoms with Crippen molar-refractivity contribution in [3.05, 3.63) is 18.5 Å². The lowest BCUT2D eigenvalue weighted by atomic mass is 10.1. The van der Waals surface area contributed by atoms with Crippen LogP contribution in [-0.2, 0) is 38.0 Å². The van der Waals surface area contributed by atoms with Crippen molar-refractivity contribution in [3.63, 3.8) is 0 Å². The molecule has 62 heavy (non-hydrogen) atoms. The summed E-state index contributed by atoms with van der Waals surface area (Å²) in [6.07, 6.45) is 13.6. The van der Waals surface area contributed by atoms with Gasteiger partial charge in [-0.3, -0.25) is 31.9 Å². The number of rotatable bonds is 38. The van der Waals surface area contributed by atoms with Crippen molar-refractivity contribution >= 4 is 47.1 Å². The van der Waals surface area contributed by atoms with Gasteiger partial charge < -0.3 is 82.0 Å². The number of nitrogens with one attached hydrogen (secondary N) is 2. The summed E-state index contributed by atoms with van der Waals surface area (Å²) in [5.74, 6) is 5.29. The molecule has 2 atom stereocenters. The van der Waals surface area contributed by atoms with E-state index in [2.05, 4.69) is 21.5 Å². The predicted molar refractivity (Wildman–Crippen MR) is 240 cm³/mol. The lowest BCUT2D eigenvalue weighted by Crippen LogP contribution is -3.00. The molecule has 0 spiro atoms. The van der Waals surface area contributed by atoms with Gasteiger partial charge in [-0.15, -0.1) is 9.78 Å². The number of amides is 2. The number of methoxy groups -OCH3 is 2. The number of ether oxygens (including phenoxy) is 6. The second kappa shape index (κ2) is 55.5. The van der Waals surface area contributed by atoms with Crippen molar-refractivity contribution in [2.75, 3.05) is 123 Å². The van der Waals surface area contributed by atoms with E-state index in [4.69, 9.17) is 50.7 Å². The first-order chi connectivity index (χ1) is 28.7. The molecular formula is C40H84Cl3N9O8S2. The molecule has 1 aromatic rings. The molecule has 22 heteroatoms. The molecule has 0 unspecified atom stereocenters. The van der Waals surface area contributed by atoms with E-state index < -0.39 is 0 Å². The molecule has 2 amide bonds. The highest BCUT2D eigenvalue weighted by molar-refractivity contribution is 7.99. The monoisotopic (exact) mass is 987 g/mol. The number of hydrogen-bond acceptors (Lipinski definition) is 11. The van der Waals surface area contributed by atoms with Gasteiger partial charge >= 0.3 is 5.96 Å². The molecule has 13 N–H and O–H groups in total. The van der Waals surface area contributed by atoms with Gasteiger partial charge in [-0.2, -0.15) is 23.5 Å². The Morgan fingerprint density at radius 2 is 1.15 bits per heavy atom. The zero-order valence-corrected chi connectivity index (χ0v) is 42.0. The van der Waals surface area contributed by atoms with Gasteiger partial charge in [-0.1, -0.05) is 26.7 Å². The number of quaternary nitrogens is 1. The van der Waals surface area contributed by atoms with Gasteiger partial charge in [0.25, 0.3) is 0 Å². The van der Waals surface area contributed by atoms with Crippen molar-refractivity contribution in [1.29, 1.82) is 0 Å². The number of amidine groups is 1. The van der Waals surface area contributed by atoms with E-state index in [1.54, 1.807) is 32.7 Å². The summed E-state index contributed by atoms with van der Waals surface area (Å²) in [7, 11) is 3.27. The van der Waals surface area contributed by atoms with E-state index in [9.17, 15) is 9.59 Å². The molecule has 1 rings (SSSR count). The fourth-order valence-corrected chi connectivity index (χ4v) is 6.53. The Morgan fingerprint density at radius 3 is 1.52 bits per heavy atom. The third-order valence-electron chi connectivity index (χ3n) is 8.29. The summed E-state index contributed by atoms with van der Waals surface area (Å²) in [6.45, 7) is 11.8. The Labute approximate surface area is 400 Å². The highest BCUT2D eigenvalue weighted by Crippen LogP contribution is 2.10. The number of nitrogens with two attached hydrogens (primary N) is 4. The molecule has 0 fully saturated rings. The largest absolute Gasteiger partial charge is 1.00 e. The summed E-state index contributed by atoms with van der Waals surface area (Å²) < 4.78 is 33.2. The van der Waals surface area contributed by atoms with Crippen LogP contribution in [0.15, 0.2) is 18.5 Å². The van der Waals surface area contributed by atoms with Crippen LogP contribution in [0.5, 0.6) is 0 Å². The van der Waals surface area contributed by atoms with Crippen molar-refractivity contribution < 1.29 is 91.8 Å². The van der Waals surface area contributed by atoms with Crippen LogP contribution in [0.3, 0.4) is 0 Å². The minimum atomic E-state index is -0.0914. The van der Waals surface area contributed by atoms with Crippen LogP contribution in [-0.4, -0.2) is 156 Å². The first kappa shape index (κ1) is 69.4. The van der Waals surface area contributed by atoms with E-state index >= 15 is 0 Å². The molecule has 1 heterocycles. The van der Waals surface area contributed by atoms with Crippen LogP contribution in [0.4, 0.5) is 0 Å². The highest BCUT2D eigenvalue weighted by atomic mass is 35.5. The zero-order chi connectivity index (χ0) is 44.0. The Morgan fingerprint density at radius 1 is 0.677 bits per heavy atom. The van der Waals surface area contributed by atoms with Gasteiger partial charge in [0.05, 0.1) is 83.6 Å². The SMILES string of the molecule is CC[C@@H](COCCCCCSCCCC(N)=[NH2+])C(=O)NCCOCCOC.CC[C@@H](COCCCCCSCC[NH3+])C(=O)NCCOCCOC.NC(=[NH2+])n1cccn1.[Cl-].[Cl-].[Cl-]. The van der Waals surface area contributed by atoms with Crippen LogP contribution in [0.1, 0.15) is 78.1 Å². The molecule has 0 aliphatic rings. The van der Waals surface area contributed by atoms with Crippen LogP contribution >= 0.6 is 23.5 Å². The van der Waals surface area contributed by atoms with Crippen LogP contribution in [0.2, 0.25) is 0 Å². The van der Waals surface area contributed by atoms with Crippen molar-refractivity contribution in [2.45, 2.75) is 78.1 Å². The second-order valence-electron chi connectivity index (χ2n) is 13.4. The molecular weight excluding hydrogens is 905 g/mol. The number of unbranched alkanes of at least 4 members (excludes halogenated alkanes) is 4. The van der Waals surface area contributed by atoms with E-state index in [0.29, 0.717) is 78.4 Å². The fourth-order valence-electron chi connectivity index (χ4n) is 4.76. The maximum atomic E-state index is 12.1. The lowest BCUT2D eigenvalue weighted by molar-refractivity contribution is -0.360. The molecule has 370 valence electrons. The standard InChI is InChI=1S/C19H39N3O4S.C17H36N2O4S.C4H6N4.3ClH/c1-3-17(19(23)22-9-11-25-13-12-24-2)16-26-10-5-4-6-14-27-15-7-8-18(20)21;1-3-16(17(20)19-8-10-22-12-11-21-2)15-23-9-5-4-6-13-24-14-7-18;5-4(6)8-3-1-2-7-8;;;/h17H,3-16H2,1-2H3,(H3,20,21)(H,22,23);16H,3-15,18H2,1-2H3,(H,19,20);1-3H,(H3,5,6);3*1H/t17-;16-;;;;/m00..../s1. The van der Waals surface area contributed by atoms with E-state index in [1.165, 1.54) is 29.7 Å². The van der Waals surface area contributed by atoms with Gasteiger partial charge in [0.1, 0.15) is 0 Å². The van der Waals surface area contributed by atoms with Crippen molar-refractivity contribution in [1.82, 2.24) is 20.4 Å². The minimum absolute atomic E-state index is 0. The Hall–Kier alpha value is -1.62. The predicted octanol–water partition coefficient (Wildman–Crippen LogP) is -9.62. The normalized spacial score (nSPS) is 11.2. The molecule has 0 bridgehead atoms. The number of carbonyl (C=O) groups is 2. The Bertz CT molecular complexity index is 1120. The van der Waals surface area contributed by atoms with Crippen LogP contribution < -0.4 is 75.9 Å². The molecule has 17 nitrogen and oxygen atoms in total. The fraction of sp³-hybridized carbons (Fsp3) is 0.825. The number of nitrogens with zero attached hydrogens (tertiary/aromatic N) is 2. The average molecular weight is 990 g/mol. The molecule has 1 aromatic heterocycles. The smallest absolute Gasteiger partial charge is 0.369 e. The number of carbonyl (C=O) groups excluding carboxylic acids is 2. The highest BCUT2D eigenvalue weighted by Gasteiger charge is 2.17. The quantitative estimate of drug-likeness (QED) is 0.0185. The zero-order valence-electron chi connectivity index (χ0n) is 38.1. The summed E-state index contributed by atoms with van der Waals surface area (Å²) in [5, 5.41) is 20.1. The van der Waals surface area contributed by atoms with Gasteiger partial charge in [0.2, 0.25) is 17.6 Å². The maximum absolute atomic E-state index is 12.1. The number of aromatic nitrogens is 2. The first-order valence-electron chi connectivity index (χ1n) is 21.2. The Kier molecular flexibility index (Phi) is 62.2. The molecule has 0 saturated carbocycles. The lowest BCUT2D eigenvalue weighted by Gasteiger charge is -2.15. The first-order valence-corrected chi connectivity index (χ1v) is 23.5. The average Bonchev–Trinajstić information content (AvgIpc) is 3.78. The molecule has 0 aliphatic heterocycles. The minimum Gasteiger partial charge on any atom is -1.00 e. The van der Waals surface area contributed by atoms with E-state index in [0.717, 1.165) is 75.4 Å². The van der Waals surface area contributed by atoms with Gasteiger partial charge in [0.15, 0.2) is 0 Å². The van der Waals surface area contributed by atoms with Gasteiger partial charge in [0, 0.05) is 52.7 Å². The van der Waals surface area contributed by atoms with Crippen molar-refractivity contribution in [3.8, 4) is 0 Å². The maximum Gasteiger partial charge on any atom is 0.369 e. The van der Waals surface area contributed by atoms with E-state index in [1.807, 2.05) is 37.4 Å². The van der Waals surface area contributed by atoms with Crippen molar-refractivity contribution in [2.24, 2.45) is 23.3 Å². The van der Waals surface area contributed by atoms with Gasteiger partial charge in [-0.05, 0) is 68.3 Å². The summed E-state index contributed by atoms with van der Waals surface area (Å²) in [5.41, 5.74) is 14.4. The Balaban J connectivity index is -0.000000284. The van der Waals surface area contributed by atoms with E-state index in [-0.39, 0.29) is 66.8 Å². The topological polar surface area (TPSA) is 262 Å². The second-order valence-corrected chi connectivity index (χ2v) is 15.9. The number of hydrogen-bond donors (Lipinski definition) is 7. The summed E-state index contributed by atoms with van der Waals surface area (Å²) >= 11 is 3.92. The summed E-state index contributed by atoms with van der Waals surface area (Å²) in [6, 6.07) is 1.75. The third kappa shape index (κ3) is 49.4. The van der Waals surface area contributed by atoms with Gasteiger partial charge in [-0.25, -0.2) is 0 Å². The third-order valence-corrected chi connectivity index (χ3v) is 10.6. The molecule has 0 aromatic carbocycles. The molecule has 0 radical (unpaired) electrons. The summed E-state index contributed by atoms with van der Waals surface area (Å²) in [4.78, 5) is 24.2. The molecule has 0 aliphatic carbocycles.